The molecule has 6 nitrogen and oxygen atoms in total. The second-order valence-corrected chi connectivity index (χ2v) is 8.13. The summed E-state index contributed by atoms with van der Waals surface area (Å²) in [6, 6.07) is 17.8. The second-order valence-electron chi connectivity index (χ2n) is 8.13. The lowest BCUT2D eigenvalue weighted by molar-refractivity contribution is 0.0697. The van der Waals surface area contributed by atoms with Crippen LogP contribution in [0.1, 0.15) is 36.5 Å². The number of hydrogen-bond acceptors (Lipinski definition) is 4. The fraction of sp³-hybridized carbons (Fsp3) is 0.280. The van der Waals surface area contributed by atoms with Gasteiger partial charge in [0.2, 0.25) is 0 Å². The summed E-state index contributed by atoms with van der Waals surface area (Å²) in [6.45, 7) is 3.24. The van der Waals surface area contributed by atoms with E-state index in [1.54, 1.807) is 18.2 Å². The number of fused-ring (bicyclic) bond motifs is 2. The van der Waals surface area contributed by atoms with Crippen molar-refractivity contribution in [2.75, 3.05) is 6.54 Å². The Balaban J connectivity index is 1.46. The van der Waals surface area contributed by atoms with Crippen LogP contribution < -0.4 is 10.1 Å². The number of aromatic carboxylic acids is 1. The van der Waals surface area contributed by atoms with Crippen molar-refractivity contribution >= 4 is 27.6 Å². The molecule has 4 aromatic rings. The van der Waals surface area contributed by atoms with Crippen molar-refractivity contribution in [1.29, 1.82) is 0 Å². The minimum absolute atomic E-state index is 0.179. The molecule has 1 aliphatic rings. The first-order valence-electron chi connectivity index (χ1n) is 10.8. The predicted octanol–water partition coefficient (Wildman–Crippen LogP) is 4.99. The Labute approximate surface area is 180 Å². The van der Waals surface area contributed by atoms with Gasteiger partial charge in [-0.2, -0.15) is 5.10 Å². The fourth-order valence-electron chi connectivity index (χ4n) is 4.47. The van der Waals surface area contributed by atoms with Crippen LogP contribution in [0, 0.1) is 0 Å². The molecule has 6 heteroatoms. The number of ether oxygens (including phenoxy) is 1. The van der Waals surface area contributed by atoms with Crippen LogP contribution in [-0.4, -0.2) is 40.0 Å². The summed E-state index contributed by atoms with van der Waals surface area (Å²) in [5, 5.41) is 23.3. The summed E-state index contributed by atoms with van der Waals surface area (Å²) in [6.07, 6.45) is 3.52. The Hall–Kier alpha value is -3.38. The standard InChI is InChI=1S/C25H25N3O3/c1-2-23(22-4-3-11-26-22)31-19-9-7-15-12-17(6-5-16(15)13-19)24-20-14-18(25(29)30)8-10-21(20)27-28-24/h5-10,12-14,22-23,26H,2-4,11H2,1H3,(H,27,28)(H,29,30). The molecule has 0 spiro atoms. The van der Waals surface area contributed by atoms with Crippen LogP contribution in [-0.2, 0) is 0 Å². The van der Waals surface area contributed by atoms with Gasteiger partial charge in [0, 0.05) is 17.0 Å². The molecule has 3 N–H and O–H groups in total. The number of benzene rings is 3. The Kier molecular flexibility index (Phi) is 5.08. The number of carboxylic acid groups (broad SMARTS) is 1. The van der Waals surface area contributed by atoms with E-state index in [1.165, 1.54) is 6.42 Å². The number of aromatic amines is 1. The molecule has 3 aromatic carbocycles. The molecular formula is C25H25N3O3. The topological polar surface area (TPSA) is 87.2 Å². The Morgan fingerprint density at radius 2 is 2.00 bits per heavy atom. The normalized spacial score (nSPS) is 17.3. The average molecular weight is 415 g/mol. The largest absolute Gasteiger partial charge is 0.489 e. The highest BCUT2D eigenvalue weighted by atomic mass is 16.5. The minimum Gasteiger partial charge on any atom is -0.489 e. The average Bonchev–Trinajstić information content (AvgIpc) is 3.46. The molecule has 5 rings (SSSR count). The highest BCUT2D eigenvalue weighted by Crippen LogP contribution is 2.31. The summed E-state index contributed by atoms with van der Waals surface area (Å²) in [5.74, 6) is -0.0598. The van der Waals surface area contributed by atoms with Crippen LogP contribution in [0.25, 0.3) is 32.9 Å². The zero-order chi connectivity index (χ0) is 21.4. The first-order chi connectivity index (χ1) is 15.1. The fourth-order valence-corrected chi connectivity index (χ4v) is 4.47. The minimum atomic E-state index is -0.946. The van der Waals surface area contributed by atoms with E-state index < -0.39 is 5.97 Å². The number of nitrogens with zero attached hydrogens (tertiary/aromatic N) is 1. The van der Waals surface area contributed by atoms with Crippen molar-refractivity contribution in [3.63, 3.8) is 0 Å². The predicted molar refractivity (Wildman–Crippen MR) is 122 cm³/mol. The van der Waals surface area contributed by atoms with Gasteiger partial charge >= 0.3 is 5.97 Å². The number of carboxylic acids is 1. The van der Waals surface area contributed by atoms with E-state index in [1.807, 2.05) is 12.1 Å². The van der Waals surface area contributed by atoms with Gasteiger partial charge in [0.1, 0.15) is 11.9 Å². The molecule has 1 aromatic heterocycles. The maximum absolute atomic E-state index is 11.4. The molecule has 1 fully saturated rings. The van der Waals surface area contributed by atoms with Crippen LogP contribution in [0.15, 0.2) is 54.6 Å². The van der Waals surface area contributed by atoms with Crippen molar-refractivity contribution < 1.29 is 14.6 Å². The van der Waals surface area contributed by atoms with E-state index in [-0.39, 0.29) is 11.7 Å². The third kappa shape index (κ3) is 3.75. The SMILES string of the molecule is CCC(Oc1ccc2cc(-c3n[nH]c4ccc(C(=O)O)cc34)ccc2c1)C1CCCN1. The smallest absolute Gasteiger partial charge is 0.335 e. The third-order valence-corrected chi connectivity index (χ3v) is 6.13. The van der Waals surface area contributed by atoms with E-state index in [2.05, 4.69) is 46.7 Å². The van der Waals surface area contributed by atoms with E-state index in [9.17, 15) is 9.90 Å². The maximum atomic E-state index is 11.4. The molecule has 2 atom stereocenters. The zero-order valence-electron chi connectivity index (χ0n) is 17.4. The first-order valence-corrected chi connectivity index (χ1v) is 10.8. The Morgan fingerprint density at radius 1 is 1.16 bits per heavy atom. The third-order valence-electron chi connectivity index (χ3n) is 6.13. The quantitative estimate of drug-likeness (QED) is 0.413. The molecule has 2 unspecified atom stereocenters. The highest BCUT2D eigenvalue weighted by molar-refractivity contribution is 6.00. The molecule has 1 aliphatic heterocycles. The van der Waals surface area contributed by atoms with Crippen molar-refractivity contribution in [2.45, 2.75) is 38.3 Å². The van der Waals surface area contributed by atoms with Crippen molar-refractivity contribution in [3.8, 4) is 17.0 Å². The zero-order valence-corrected chi connectivity index (χ0v) is 17.4. The number of aromatic nitrogens is 2. The first kappa shape index (κ1) is 19.6. The number of hydrogen-bond donors (Lipinski definition) is 3. The summed E-state index contributed by atoms with van der Waals surface area (Å²) < 4.78 is 6.32. The lowest BCUT2D eigenvalue weighted by Crippen LogP contribution is -2.38. The van der Waals surface area contributed by atoms with Gasteiger partial charge in [-0.3, -0.25) is 5.10 Å². The summed E-state index contributed by atoms with van der Waals surface area (Å²) in [7, 11) is 0. The van der Waals surface area contributed by atoms with Gasteiger partial charge in [-0.15, -0.1) is 0 Å². The molecule has 0 amide bonds. The monoisotopic (exact) mass is 415 g/mol. The van der Waals surface area contributed by atoms with Crippen molar-refractivity contribution in [1.82, 2.24) is 15.5 Å². The lowest BCUT2D eigenvalue weighted by atomic mass is 10.0. The number of rotatable bonds is 6. The Morgan fingerprint density at radius 3 is 2.77 bits per heavy atom. The van der Waals surface area contributed by atoms with Crippen LogP contribution in [0.3, 0.4) is 0 Å². The summed E-state index contributed by atoms with van der Waals surface area (Å²) in [4.78, 5) is 11.4. The molecule has 0 aliphatic carbocycles. The molecule has 0 radical (unpaired) electrons. The lowest BCUT2D eigenvalue weighted by Gasteiger charge is -2.24. The molecule has 31 heavy (non-hydrogen) atoms. The van der Waals surface area contributed by atoms with Gasteiger partial charge in [0.15, 0.2) is 0 Å². The molecule has 2 heterocycles. The van der Waals surface area contributed by atoms with E-state index in [0.29, 0.717) is 6.04 Å². The van der Waals surface area contributed by atoms with Crippen LogP contribution in [0.4, 0.5) is 0 Å². The van der Waals surface area contributed by atoms with Crippen LogP contribution in [0.2, 0.25) is 0 Å². The van der Waals surface area contributed by atoms with Gasteiger partial charge in [-0.1, -0.05) is 25.1 Å². The van der Waals surface area contributed by atoms with Gasteiger partial charge in [-0.25, -0.2) is 4.79 Å². The molecule has 158 valence electrons. The number of nitrogens with one attached hydrogen (secondary N) is 2. The molecular weight excluding hydrogens is 390 g/mol. The number of H-pyrrole nitrogens is 1. The van der Waals surface area contributed by atoms with Crippen molar-refractivity contribution in [3.05, 3.63) is 60.2 Å². The summed E-state index contributed by atoms with van der Waals surface area (Å²) in [5.41, 5.74) is 2.75. The van der Waals surface area contributed by atoms with Gasteiger partial charge in [0.05, 0.1) is 16.8 Å². The molecule has 0 bridgehead atoms. The van der Waals surface area contributed by atoms with Gasteiger partial charge < -0.3 is 15.2 Å². The van der Waals surface area contributed by atoms with Gasteiger partial charge in [0.25, 0.3) is 0 Å². The molecule has 0 saturated carbocycles. The second kappa shape index (κ2) is 8.04. The summed E-state index contributed by atoms with van der Waals surface area (Å²) >= 11 is 0. The van der Waals surface area contributed by atoms with Gasteiger partial charge in [-0.05, 0) is 73.0 Å². The van der Waals surface area contributed by atoms with E-state index >= 15 is 0 Å². The van der Waals surface area contributed by atoms with E-state index in [4.69, 9.17) is 4.74 Å². The highest BCUT2D eigenvalue weighted by Gasteiger charge is 2.24. The maximum Gasteiger partial charge on any atom is 0.335 e. The van der Waals surface area contributed by atoms with Crippen LogP contribution >= 0.6 is 0 Å². The van der Waals surface area contributed by atoms with Crippen LogP contribution in [0.5, 0.6) is 5.75 Å². The van der Waals surface area contributed by atoms with E-state index in [0.717, 1.165) is 58.1 Å². The molecule has 1 saturated heterocycles. The number of carbonyl (C=O) groups is 1. The Bertz CT molecular complexity index is 1260. The van der Waals surface area contributed by atoms with Crippen molar-refractivity contribution in [2.24, 2.45) is 0 Å².